The minimum absolute atomic E-state index is 0.127. The van der Waals surface area contributed by atoms with Crippen molar-refractivity contribution in [2.24, 2.45) is 0 Å². The maximum atomic E-state index is 12.4. The highest BCUT2D eigenvalue weighted by Gasteiger charge is 2.34. The molecule has 25 heavy (non-hydrogen) atoms. The summed E-state index contributed by atoms with van der Waals surface area (Å²) in [7, 11) is 0. The Bertz CT molecular complexity index is 941. The van der Waals surface area contributed by atoms with E-state index in [0.29, 0.717) is 16.5 Å². The Balaban J connectivity index is 2.11. The summed E-state index contributed by atoms with van der Waals surface area (Å²) in [5.41, 5.74) is 0.948. The molecule has 0 unspecified atom stereocenters. The standard InChI is InChI=1S/C17H15N3O5/c1-2-20-16(24)12(15(23)18-17(20)25)7-10-8-19(9-14(21)22)13-6-4-3-5-11(10)13/h3-8H,2,9H2,1H3,(H,21,22)(H,18,23,25)/p-1. The zero-order chi connectivity index (χ0) is 18.1. The lowest BCUT2D eigenvalue weighted by Gasteiger charge is -2.24. The van der Waals surface area contributed by atoms with Gasteiger partial charge in [0.1, 0.15) is 5.57 Å². The van der Waals surface area contributed by atoms with E-state index in [9.17, 15) is 24.3 Å². The first-order valence-corrected chi connectivity index (χ1v) is 7.59. The van der Waals surface area contributed by atoms with Gasteiger partial charge >= 0.3 is 6.03 Å². The van der Waals surface area contributed by atoms with Gasteiger partial charge in [-0.25, -0.2) is 4.79 Å². The molecule has 128 valence electrons. The van der Waals surface area contributed by atoms with E-state index in [-0.39, 0.29) is 18.7 Å². The van der Waals surface area contributed by atoms with Crippen LogP contribution in [0.3, 0.4) is 0 Å². The maximum Gasteiger partial charge on any atom is 0.331 e. The minimum Gasteiger partial charge on any atom is -0.548 e. The number of likely N-dealkylation sites (N-methyl/N-ethyl adjacent to an activating group) is 1. The number of nitrogens with one attached hydrogen (secondary N) is 1. The highest BCUT2D eigenvalue weighted by Crippen LogP contribution is 2.24. The number of imide groups is 2. The number of aliphatic carboxylic acids is 1. The van der Waals surface area contributed by atoms with Crippen LogP contribution in [-0.4, -0.2) is 39.8 Å². The molecule has 1 aromatic carbocycles. The van der Waals surface area contributed by atoms with E-state index in [1.165, 1.54) is 16.8 Å². The molecule has 0 radical (unpaired) electrons. The van der Waals surface area contributed by atoms with E-state index in [1.54, 1.807) is 31.2 Å². The van der Waals surface area contributed by atoms with Gasteiger partial charge in [0, 0.05) is 29.2 Å². The number of benzene rings is 1. The number of aromatic nitrogens is 1. The Kier molecular flexibility index (Phi) is 4.10. The monoisotopic (exact) mass is 340 g/mol. The van der Waals surface area contributed by atoms with Gasteiger partial charge in [0.2, 0.25) is 0 Å². The van der Waals surface area contributed by atoms with Gasteiger partial charge in [0.15, 0.2) is 0 Å². The van der Waals surface area contributed by atoms with Crippen LogP contribution in [0.2, 0.25) is 0 Å². The van der Waals surface area contributed by atoms with Crippen LogP contribution in [0.25, 0.3) is 17.0 Å². The topological polar surface area (TPSA) is 112 Å². The summed E-state index contributed by atoms with van der Waals surface area (Å²) < 4.78 is 1.46. The Morgan fingerprint density at radius 2 is 1.96 bits per heavy atom. The van der Waals surface area contributed by atoms with Gasteiger partial charge in [-0.15, -0.1) is 0 Å². The molecular formula is C17H14N3O5-. The van der Waals surface area contributed by atoms with Crippen LogP contribution >= 0.6 is 0 Å². The second-order valence-electron chi connectivity index (χ2n) is 5.47. The lowest BCUT2D eigenvalue weighted by atomic mass is 10.1. The van der Waals surface area contributed by atoms with Crippen molar-refractivity contribution in [3.8, 4) is 0 Å². The Hall–Kier alpha value is -3.42. The number of para-hydroxylation sites is 1. The molecule has 0 aliphatic carbocycles. The largest absolute Gasteiger partial charge is 0.548 e. The lowest BCUT2D eigenvalue weighted by Crippen LogP contribution is -2.53. The van der Waals surface area contributed by atoms with Crippen molar-refractivity contribution >= 4 is 40.8 Å². The van der Waals surface area contributed by atoms with Gasteiger partial charge in [-0.05, 0) is 19.1 Å². The van der Waals surface area contributed by atoms with Gasteiger partial charge in [0.25, 0.3) is 11.8 Å². The SMILES string of the molecule is CCN1C(=O)NC(=O)C(=Cc2cn(CC(=O)[O-])c3ccccc23)C1=O. The molecule has 2 aromatic rings. The van der Waals surface area contributed by atoms with Crippen molar-refractivity contribution < 1.29 is 24.3 Å². The molecule has 2 heterocycles. The number of carboxylic acids is 1. The van der Waals surface area contributed by atoms with Crippen LogP contribution in [0.5, 0.6) is 0 Å². The molecule has 0 bridgehead atoms. The van der Waals surface area contributed by atoms with Crippen molar-refractivity contribution in [1.82, 2.24) is 14.8 Å². The highest BCUT2D eigenvalue weighted by atomic mass is 16.4. The molecular weight excluding hydrogens is 326 g/mol. The number of carbonyl (C=O) groups excluding carboxylic acids is 4. The Morgan fingerprint density at radius 3 is 2.64 bits per heavy atom. The molecule has 8 heteroatoms. The minimum atomic E-state index is -1.26. The molecule has 4 amide bonds. The molecule has 1 saturated heterocycles. The van der Waals surface area contributed by atoms with Gasteiger partial charge in [-0.2, -0.15) is 0 Å². The van der Waals surface area contributed by atoms with Crippen molar-refractivity contribution in [2.45, 2.75) is 13.5 Å². The molecule has 0 spiro atoms. The van der Waals surface area contributed by atoms with Crippen molar-refractivity contribution in [3.05, 3.63) is 41.6 Å². The average Bonchev–Trinajstić information content (AvgIpc) is 2.89. The summed E-state index contributed by atoms with van der Waals surface area (Å²) in [4.78, 5) is 47.9. The van der Waals surface area contributed by atoms with Gasteiger partial charge in [-0.3, -0.25) is 19.8 Å². The quantitative estimate of drug-likeness (QED) is 0.616. The smallest absolute Gasteiger partial charge is 0.331 e. The lowest BCUT2D eigenvalue weighted by molar-refractivity contribution is -0.306. The Morgan fingerprint density at radius 1 is 1.24 bits per heavy atom. The fourth-order valence-electron chi connectivity index (χ4n) is 2.80. The summed E-state index contributed by atoms with van der Waals surface area (Å²) in [5.74, 6) is -2.72. The summed E-state index contributed by atoms with van der Waals surface area (Å²) in [6, 6.07) is 6.24. The number of carboxylic acid groups (broad SMARTS) is 1. The summed E-state index contributed by atoms with van der Waals surface area (Å²) >= 11 is 0. The number of urea groups is 1. The predicted molar refractivity (Wildman–Crippen MR) is 85.8 cm³/mol. The number of hydrogen-bond acceptors (Lipinski definition) is 5. The molecule has 1 aliphatic rings. The number of nitrogens with zero attached hydrogens (tertiary/aromatic N) is 2. The first kappa shape index (κ1) is 16.4. The zero-order valence-corrected chi connectivity index (χ0v) is 13.3. The molecule has 8 nitrogen and oxygen atoms in total. The van der Waals surface area contributed by atoms with Gasteiger partial charge in [0.05, 0.1) is 12.5 Å². The zero-order valence-electron chi connectivity index (χ0n) is 13.3. The fraction of sp³-hybridized carbons (Fsp3) is 0.176. The van der Waals surface area contributed by atoms with E-state index in [2.05, 4.69) is 5.32 Å². The Labute approximate surface area is 142 Å². The van der Waals surface area contributed by atoms with Crippen LogP contribution in [0.15, 0.2) is 36.0 Å². The average molecular weight is 340 g/mol. The van der Waals surface area contributed by atoms with Crippen LogP contribution in [0.1, 0.15) is 12.5 Å². The second-order valence-corrected chi connectivity index (χ2v) is 5.47. The van der Waals surface area contributed by atoms with Crippen molar-refractivity contribution in [3.63, 3.8) is 0 Å². The second kappa shape index (κ2) is 6.23. The van der Waals surface area contributed by atoms with E-state index < -0.39 is 23.8 Å². The van der Waals surface area contributed by atoms with E-state index >= 15 is 0 Å². The molecule has 1 aromatic heterocycles. The summed E-state index contributed by atoms with van der Waals surface area (Å²) in [6.07, 6.45) is 2.89. The van der Waals surface area contributed by atoms with Crippen LogP contribution in [0, 0.1) is 0 Å². The number of carbonyl (C=O) groups is 4. The van der Waals surface area contributed by atoms with Crippen molar-refractivity contribution in [2.75, 3.05) is 6.54 Å². The third-order valence-electron chi connectivity index (χ3n) is 3.92. The van der Waals surface area contributed by atoms with Crippen LogP contribution in [0.4, 0.5) is 4.79 Å². The number of rotatable bonds is 4. The van der Waals surface area contributed by atoms with Crippen molar-refractivity contribution in [1.29, 1.82) is 0 Å². The van der Waals surface area contributed by atoms with Crippen LogP contribution < -0.4 is 10.4 Å². The summed E-state index contributed by atoms with van der Waals surface area (Å²) in [6.45, 7) is 1.39. The third-order valence-corrected chi connectivity index (χ3v) is 3.92. The fourth-order valence-corrected chi connectivity index (χ4v) is 2.80. The van der Waals surface area contributed by atoms with E-state index in [0.717, 1.165) is 4.90 Å². The highest BCUT2D eigenvalue weighted by molar-refractivity contribution is 6.31. The van der Waals surface area contributed by atoms with E-state index in [1.807, 2.05) is 0 Å². The number of fused-ring (bicyclic) bond motifs is 1. The molecule has 1 fully saturated rings. The first-order valence-electron chi connectivity index (χ1n) is 7.59. The molecule has 1 N–H and O–H groups in total. The maximum absolute atomic E-state index is 12.4. The molecule has 1 aliphatic heterocycles. The molecule has 0 saturated carbocycles. The van der Waals surface area contributed by atoms with E-state index in [4.69, 9.17) is 0 Å². The van der Waals surface area contributed by atoms with Crippen LogP contribution in [-0.2, 0) is 20.9 Å². The van der Waals surface area contributed by atoms with Gasteiger partial charge in [-0.1, -0.05) is 18.2 Å². The third kappa shape index (κ3) is 2.89. The normalized spacial score (nSPS) is 16.6. The first-order chi connectivity index (χ1) is 11.9. The number of barbiturate groups is 1. The number of hydrogen-bond donors (Lipinski definition) is 1. The number of amides is 4. The summed E-state index contributed by atoms with van der Waals surface area (Å²) in [5, 5.41) is 13.7. The van der Waals surface area contributed by atoms with Gasteiger partial charge < -0.3 is 14.5 Å². The molecule has 3 rings (SSSR count). The predicted octanol–water partition coefficient (Wildman–Crippen LogP) is -0.127. The molecule has 0 atom stereocenters.